The van der Waals surface area contributed by atoms with Crippen molar-refractivity contribution in [3.63, 3.8) is 0 Å². The van der Waals surface area contributed by atoms with E-state index in [1.807, 2.05) is 6.92 Å². The van der Waals surface area contributed by atoms with Crippen LogP contribution in [0.15, 0.2) is 40.7 Å². The summed E-state index contributed by atoms with van der Waals surface area (Å²) in [4.78, 5) is 39.4. The van der Waals surface area contributed by atoms with E-state index >= 15 is 0 Å². The van der Waals surface area contributed by atoms with Crippen LogP contribution < -0.4 is 14.8 Å². The maximum atomic E-state index is 13.7. The lowest BCUT2D eigenvalue weighted by Gasteiger charge is -2.38. The molecular formula is C25H31NO7. The molecular weight excluding hydrogens is 426 g/mol. The van der Waals surface area contributed by atoms with Gasteiger partial charge in [-0.3, -0.25) is 9.59 Å². The van der Waals surface area contributed by atoms with Crippen molar-refractivity contribution in [3.8, 4) is 11.5 Å². The molecule has 8 heteroatoms. The Morgan fingerprint density at radius 3 is 2.33 bits per heavy atom. The highest BCUT2D eigenvalue weighted by Gasteiger charge is 2.47. The molecule has 0 saturated heterocycles. The van der Waals surface area contributed by atoms with Crippen molar-refractivity contribution in [3.05, 3.63) is 46.3 Å². The molecule has 1 aliphatic carbocycles. The topological polar surface area (TPSA) is 100 Å². The first-order valence-corrected chi connectivity index (χ1v) is 10.9. The number of dihydropyridines is 1. The fourth-order valence-electron chi connectivity index (χ4n) is 4.59. The lowest BCUT2D eigenvalue weighted by Crippen LogP contribution is -2.43. The van der Waals surface area contributed by atoms with Crippen LogP contribution in [0.4, 0.5) is 0 Å². The van der Waals surface area contributed by atoms with E-state index in [0.29, 0.717) is 46.0 Å². The normalized spacial score (nSPS) is 22.5. The van der Waals surface area contributed by atoms with Gasteiger partial charge in [0.1, 0.15) is 5.92 Å². The molecule has 1 heterocycles. The number of ether oxygens (including phenoxy) is 4. The Balaban J connectivity index is 2.23. The standard InChI is InChI=1S/C25H31NO7/c1-12(2)33-25(29)20-14(4)26-16-10-13(3)19(24(28)32-7)23(27)22(16)21(20)15-8-9-17(30-5)18(11-15)31-6/h8-9,11-13,19,21,26H,10H2,1-7H3/t13-,19-,21-/m1/s1. The summed E-state index contributed by atoms with van der Waals surface area (Å²) in [5.41, 5.74) is 2.66. The zero-order valence-corrected chi connectivity index (χ0v) is 20.1. The van der Waals surface area contributed by atoms with Crippen molar-refractivity contribution in [2.24, 2.45) is 11.8 Å². The third-order valence-electron chi connectivity index (χ3n) is 6.05. The number of esters is 2. The minimum Gasteiger partial charge on any atom is -0.493 e. The molecule has 0 fully saturated rings. The minimum absolute atomic E-state index is 0.251. The van der Waals surface area contributed by atoms with E-state index in [1.165, 1.54) is 21.3 Å². The first-order chi connectivity index (χ1) is 15.6. The van der Waals surface area contributed by atoms with Gasteiger partial charge in [0.15, 0.2) is 17.3 Å². The number of hydrogen-bond acceptors (Lipinski definition) is 8. The monoisotopic (exact) mass is 457 g/mol. The largest absolute Gasteiger partial charge is 0.493 e. The molecule has 0 saturated carbocycles. The van der Waals surface area contributed by atoms with Gasteiger partial charge in [-0.25, -0.2) is 4.79 Å². The first kappa shape index (κ1) is 24.4. The summed E-state index contributed by atoms with van der Waals surface area (Å²) in [6.45, 7) is 7.16. The summed E-state index contributed by atoms with van der Waals surface area (Å²) >= 11 is 0. The first-order valence-electron chi connectivity index (χ1n) is 10.9. The number of carbonyl (C=O) groups excluding carboxylic acids is 3. The van der Waals surface area contributed by atoms with Gasteiger partial charge in [-0.15, -0.1) is 0 Å². The Kier molecular flexibility index (Phi) is 7.15. The molecule has 1 aromatic carbocycles. The zero-order chi connectivity index (χ0) is 24.4. The summed E-state index contributed by atoms with van der Waals surface area (Å²) in [6.07, 6.45) is 0.123. The van der Waals surface area contributed by atoms with Crippen LogP contribution in [0.1, 0.15) is 45.6 Å². The molecule has 0 aromatic heterocycles. The number of nitrogens with one attached hydrogen (secondary N) is 1. The second-order valence-corrected chi connectivity index (χ2v) is 8.60. The highest BCUT2D eigenvalue weighted by atomic mass is 16.5. The molecule has 2 aliphatic rings. The summed E-state index contributed by atoms with van der Waals surface area (Å²) < 4.78 is 21.3. The van der Waals surface area contributed by atoms with Crippen molar-refractivity contribution in [1.29, 1.82) is 0 Å². The molecule has 33 heavy (non-hydrogen) atoms. The highest BCUT2D eigenvalue weighted by molar-refractivity contribution is 6.12. The fraction of sp³-hybridized carbons (Fsp3) is 0.480. The highest BCUT2D eigenvalue weighted by Crippen LogP contribution is 2.46. The average molecular weight is 458 g/mol. The quantitative estimate of drug-likeness (QED) is 0.513. The van der Waals surface area contributed by atoms with E-state index in [9.17, 15) is 14.4 Å². The molecule has 3 rings (SSSR count). The van der Waals surface area contributed by atoms with Crippen molar-refractivity contribution >= 4 is 17.7 Å². The molecule has 0 amide bonds. The number of ketones is 1. The van der Waals surface area contributed by atoms with Gasteiger partial charge in [-0.1, -0.05) is 13.0 Å². The maximum absolute atomic E-state index is 13.7. The van der Waals surface area contributed by atoms with Gasteiger partial charge in [0.05, 0.1) is 33.0 Å². The Morgan fingerprint density at radius 2 is 1.76 bits per heavy atom. The van der Waals surface area contributed by atoms with Gasteiger partial charge >= 0.3 is 11.9 Å². The van der Waals surface area contributed by atoms with Crippen LogP contribution in [0.5, 0.6) is 11.5 Å². The SMILES string of the molecule is COC(=O)[C@H]1C(=O)C2=C(C[C@H]1C)NC(C)=C(C(=O)OC(C)C)[C@H]2c1ccc(OC)c(OC)c1. The van der Waals surface area contributed by atoms with Gasteiger partial charge < -0.3 is 24.3 Å². The number of benzene rings is 1. The van der Waals surface area contributed by atoms with E-state index in [2.05, 4.69) is 5.32 Å². The average Bonchev–Trinajstić information content (AvgIpc) is 2.76. The smallest absolute Gasteiger partial charge is 0.337 e. The molecule has 3 atom stereocenters. The predicted octanol–water partition coefficient (Wildman–Crippen LogP) is 3.27. The molecule has 1 aliphatic heterocycles. The van der Waals surface area contributed by atoms with Crippen LogP contribution in [0, 0.1) is 11.8 Å². The van der Waals surface area contributed by atoms with E-state index in [-0.39, 0.29) is 17.8 Å². The second kappa shape index (κ2) is 9.68. The van der Waals surface area contributed by atoms with E-state index < -0.39 is 23.8 Å². The lowest BCUT2D eigenvalue weighted by molar-refractivity contribution is -0.151. The van der Waals surface area contributed by atoms with Crippen molar-refractivity contribution in [1.82, 2.24) is 5.32 Å². The van der Waals surface area contributed by atoms with Gasteiger partial charge in [0.25, 0.3) is 0 Å². The maximum Gasteiger partial charge on any atom is 0.337 e. The lowest BCUT2D eigenvalue weighted by atomic mass is 9.69. The summed E-state index contributed by atoms with van der Waals surface area (Å²) in [7, 11) is 4.32. The summed E-state index contributed by atoms with van der Waals surface area (Å²) in [5.74, 6) is -2.41. The van der Waals surface area contributed by atoms with Gasteiger partial charge in [-0.2, -0.15) is 0 Å². The van der Waals surface area contributed by atoms with Crippen LogP contribution in [0.3, 0.4) is 0 Å². The van der Waals surface area contributed by atoms with Crippen molar-refractivity contribution < 1.29 is 33.3 Å². The summed E-state index contributed by atoms with van der Waals surface area (Å²) in [6, 6.07) is 5.26. The minimum atomic E-state index is -0.945. The predicted molar refractivity (Wildman–Crippen MR) is 121 cm³/mol. The van der Waals surface area contributed by atoms with Crippen LogP contribution >= 0.6 is 0 Å². The van der Waals surface area contributed by atoms with Crippen LogP contribution in [0.2, 0.25) is 0 Å². The van der Waals surface area contributed by atoms with Crippen LogP contribution in [-0.4, -0.2) is 45.2 Å². The number of allylic oxidation sites excluding steroid dienone is 3. The Morgan fingerprint density at radius 1 is 1.09 bits per heavy atom. The Hall–Kier alpha value is -3.29. The summed E-state index contributed by atoms with van der Waals surface area (Å²) in [5, 5.41) is 3.24. The number of methoxy groups -OCH3 is 3. The van der Waals surface area contributed by atoms with E-state index in [1.54, 1.807) is 39.0 Å². The molecule has 0 radical (unpaired) electrons. The molecule has 0 unspecified atom stereocenters. The molecule has 8 nitrogen and oxygen atoms in total. The van der Waals surface area contributed by atoms with E-state index in [0.717, 1.165) is 0 Å². The van der Waals surface area contributed by atoms with Crippen molar-refractivity contribution in [2.75, 3.05) is 21.3 Å². The van der Waals surface area contributed by atoms with Gasteiger partial charge in [-0.05, 0) is 50.8 Å². The molecule has 1 N–H and O–H groups in total. The van der Waals surface area contributed by atoms with E-state index in [4.69, 9.17) is 18.9 Å². The number of rotatable bonds is 6. The van der Waals surface area contributed by atoms with Crippen LogP contribution in [-0.2, 0) is 23.9 Å². The number of Topliss-reactive ketones (excluding diaryl/α,β-unsaturated/α-hetero) is 1. The molecule has 0 spiro atoms. The van der Waals surface area contributed by atoms with Gasteiger partial charge in [0, 0.05) is 22.9 Å². The Labute approximate surface area is 193 Å². The molecule has 178 valence electrons. The molecule has 1 aromatic rings. The van der Waals surface area contributed by atoms with Crippen LogP contribution in [0.25, 0.3) is 0 Å². The van der Waals surface area contributed by atoms with Crippen molar-refractivity contribution in [2.45, 2.75) is 46.1 Å². The molecule has 0 bridgehead atoms. The number of hydrogen-bond donors (Lipinski definition) is 1. The zero-order valence-electron chi connectivity index (χ0n) is 20.1. The third kappa shape index (κ3) is 4.47. The second-order valence-electron chi connectivity index (χ2n) is 8.60. The fourth-order valence-corrected chi connectivity index (χ4v) is 4.59. The number of carbonyl (C=O) groups is 3. The van der Waals surface area contributed by atoms with Gasteiger partial charge in [0.2, 0.25) is 0 Å². The third-order valence-corrected chi connectivity index (χ3v) is 6.05. The Bertz CT molecular complexity index is 1040.